The van der Waals surface area contributed by atoms with Gasteiger partial charge in [-0.3, -0.25) is 14.9 Å². The zero-order valence-electron chi connectivity index (χ0n) is 9.64. The molecule has 0 saturated heterocycles. The first-order valence-electron chi connectivity index (χ1n) is 5.23. The van der Waals surface area contributed by atoms with Crippen molar-refractivity contribution in [2.45, 2.75) is 6.92 Å². The molecule has 0 bridgehead atoms. The van der Waals surface area contributed by atoms with Gasteiger partial charge in [0.15, 0.2) is 5.13 Å². The SMILES string of the molecule is Cc1ccc(NC(=O)C(=O)Nc2nccs2)cc1. The lowest BCUT2D eigenvalue weighted by molar-refractivity contribution is -0.132. The van der Waals surface area contributed by atoms with Crippen LogP contribution in [-0.4, -0.2) is 16.8 Å². The van der Waals surface area contributed by atoms with Crippen molar-refractivity contribution in [3.05, 3.63) is 41.4 Å². The molecule has 2 amide bonds. The lowest BCUT2D eigenvalue weighted by Crippen LogP contribution is -2.28. The average Bonchev–Trinajstić information content (AvgIpc) is 2.85. The first-order chi connectivity index (χ1) is 8.65. The van der Waals surface area contributed by atoms with E-state index in [0.29, 0.717) is 10.8 Å². The number of hydrogen-bond acceptors (Lipinski definition) is 4. The van der Waals surface area contributed by atoms with Crippen molar-refractivity contribution in [2.75, 3.05) is 10.6 Å². The van der Waals surface area contributed by atoms with Crippen LogP contribution < -0.4 is 10.6 Å². The summed E-state index contributed by atoms with van der Waals surface area (Å²) in [7, 11) is 0. The molecule has 1 aromatic carbocycles. The first kappa shape index (κ1) is 12.3. The highest BCUT2D eigenvalue weighted by molar-refractivity contribution is 7.13. The Labute approximate surface area is 108 Å². The number of thiazole rings is 1. The van der Waals surface area contributed by atoms with Gasteiger partial charge in [-0.1, -0.05) is 17.7 Å². The number of benzene rings is 1. The van der Waals surface area contributed by atoms with Crippen molar-refractivity contribution in [1.29, 1.82) is 0 Å². The molecular formula is C12H11N3O2S. The maximum atomic E-state index is 11.6. The second-order valence-electron chi connectivity index (χ2n) is 3.61. The summed E-state index contributed by atoms with van der Waals surface area (Å²) >= 11 is 1.25. The summed E-state index contributed by atoms with van der Waals surface area (Å²) in [5.41, 5.74) is 1.67. The van der Waals surface area contributed by atoms with Gasteiger partial charge < -0.3 is 5.32 Å². The Morgan fingerprint density at radius 2 is 1.78 bits per heavy atom. The van der Waals surface area contributed by atoms with Crippen LogP contribution in [0, 0.1) is 6.92 Å². The van der Waals surface area contributed by atoms with Crippen molar-refractivity contribution in [2.24, 2.45) is 0 Å². The van der Waals surface area contributed by atoms with E-state index in [-0.39, 0.29) is 0 Å². The molecule has 92 valence electrons. The molecule has 1 aromatic heterocycles. The van der Waals surface area contributed by atoms with Crippen LogP contribution >= 0.6 is 11.3 Å². The van der Waals surface area contributed by atoms with Gasteiger partial charge in [0.25, 0.3) is 0 Å². The first-order valence-corrected chi connectivity index (χ1v) is 6.11. The minimum absolute atomic E-state index is 0.402. The number of hydrogen-bond donors (Lipinski definition) is 2. The van der Waals surface area contributed by atoms with Gasteiger partial charge in [-0.25, -0.2) is 4.98 Å². The molecule has 0 atom stereocenters. The molecule has 0 radical (unpaired) electrons. The minimum Gasteiger partial charge on any atom is -0.318 e. The zero-order chi connectivity index (χ0) is 13.0. The molecule has 1 heterocycles. The summed E-state index contributed by atoms with van der Waals surface area (Å²) in [6.45, 7) is 1.95. The maximum absolute atomic E-state index is 11.6. The Balaban J connectivity index is 1.95. The van der Waals surface area contributed by atoms with E-state index in [4.69, 9.17) is 0 Å². The third kappa shape index (κ3) is 3.14. The van der Waals surface area contributed by atoms with Gasteiger partial charge in [-0.05, 0) is 19.1 Å². The molecule has 0 spiro atoms. The molecule has 0 unspecified atom stereocenters. The van der Waals surface area contributed by atoms with E-state index in [1.54, 1.807) is 23.7 Å². The lowest BCUT2D eigenvalue weighted by atomic mass is 10.2. The van der Waals surface area contributed by atoms with Crippen molar-refractivity contribution in [3.63, 3.8) is 0 Å². The van der Waals surface area contributed by atoms with Crippen molar-refractivity contribution < 1.29 is 9.59 Å². The number of nitrogens with zero attached hydrogens (tertiary/aromatic N) is 1. The molecule has 18 heavy (non-hydrogen) atoms. The molecule has 0 saturated carbocycles. The average molecular weight is 261 g/mol. The normalized spacial score (nSPS) is 9.83. The minimum atomic E-state index is -0.731. The fraction of sp³-hybridized carbons (Fsp3) is 0.0833. The molecule has 0 aliphatic heterocycles. The quantitative estimate of drug-likeness (QED) is 0.812. The highest BCUT2D eigenvalue weighted by Crippen LogP contribution is 2.11. The highest BCUT2D eigenvalue weighted by Gasteiger charge is 2.14. The Morgan fingerprint density at radius 1 is 1.11 bits per heavy atom. The Bertz CT molecular complexity index is 549. The largest absolute Gasteiger partial charge is 0.318 e. The number of nitrogens with one attached hydrogen (secondary N) is 2. The van der Waals surface area contributed by atoms with Gasteiger partial charge in [-0.2, -0.15) is 0 Å². The highest BCUT2D eigenvalue weighted by atomic mass is 32.1. The van der Waals surface area contributed by atoms with Crippen LogP contribution in [0.4, 0.5) is 10.8 Å². The standard InChI is InChI=1S/C12H11N3O2S/c1-8-2-4-9(5-3-8)14-10(16)11(17)15-12-13-6-7-18-12/h2-7H,1H3,(H,14,16)(H,13,15,17). The Morgan fingerprint density at radius 3 is 2.39 bits per heavy atom. The number of carbonyl (C=O) groups excluding carboxylic acids is 2. The van der Waals surface area contributed by atoms with Gasteiger partial charge >= 0.3 is 11.8 Å². The Kier molecular flexibility index (Phi) is 3.69. The topological polar surface area (TPSA) is 71.1 Å². The molecule has 5 nitrogen and oxygen atoms in total. The van der Waals surface area contributed by atoms with E-state index in [1.165, 1.54) is 11.3 Å². The summed E-state index contributed by atoms with van der Waals surface area (Å²) in [4.78, 5) is 27.0. The monoisotopic (exact) mass is 261 g/mol. The number of anilines is 2. The zero-order valence-corrected chi connectivity index (χ0v) is 10.5. The van der Waals surface area contributed by atoms with Crippen LogP contribution in [0.1, 0.15) is 5.56 Å². The summed E-state index contributed by atoms with van der Waals surface area (Å²) in [6, 6.07) is 7.19. The summed E-state index contributed by atoms with van der Waals surface area (Å²) in [5.74, 6) is -1.44. The van der Waals surface area contributed by atoms with Crippen LogP contribution in [0.5, 0.6) is 0 Å². The van der Waals surface area contributed by atoms with Crippen LogP contribution in [0.25, 0.3) is 0 Å². The van der Waals surface area contributed by atoms with E-state index in [0.717, 1.165) is 5.56 Å². The van der Waals surface area contributed by atoms with Gasteiger partial charge in [0, 0.05) is 17.3 Å². The molecule has 2 N–H and O–H groups in total. The summed E-state index contributed by atoms with van der Waals surface area (Å²) in [5, 5.41) is 7.03. The molecule has 0 aliphatic rings. The number of amides is 2. The van der Waals surface area contributed by atoms with Gasteiger partial charge in [0.05, 0.1) is 0 Å². The number of carbonyl (C=O) groups is 2. The fourth-order valence-corrected chi connectivity index (χ4v) is 1.79. The molecule has 6 heteroatoms. The van der Waals surface area contributed by atoms with Crippen molar-refractivity contribution in [1.82, 2.24) is 4.98 Å². The number of aromatic nitrogens is 1. The molecule has 0 aliphatic carbocycles. The predicted molar refractivity (Wildman–Crippen MR) is 70.6 cm³/mol. The van der Waals surface area contributed by atoms with Crippen LogP contribution in [0.2, 0.25) is 0 Å². The number of rotatable bonds is 2. The third-order valence-electron chi connectivity index (χ3n) is 2.17. The number of aryl methyl sites for hydroxylation is 1. The van der Waals surface area contributed by atoms with E-state index in [2.05, 4.69) is 15.6 Å². The smallest absolute Gasteiger partial charge is 0.315 e. The second kappa shape index (κ2) is 5.42. The fourth-order valence-electron chi connectivity index (χ4n) is 1.26. The van der Waals surface area contributed by atoms with E-state index in [1.807, 2.05) is 19.1 Å². The van der Waals surface area contributed by atoms with Gasteiger partial charge in [-0.15, -0.1) is 11.3 Å². The maximum Gasteiger partial charge on any atom is 0.315 e. The third-order valence-corrected chi connectivity index (χ3v) is 2.86. The van der Waals surface area contributed by atoms with Crippen molar-refractivity contribution >= 4 is 34.0 Å². The molecule has 2 rings (SSSR count). The predicted octanol–water partition coefficient (Wildman–Crippen LogP) is 2.03. The van der Waals surface area contributed by atoms with E-state index in [9.17, 15) is 9.59 Å². The van der Waals surface area contributed by atoms with Crippen molar-refractivity contribution in [3.8, 4) is 0 Å². The second-order valence-corrected chi connectivity index (χ2v) is 4.51. The Hall–Kier alpha value is -2.21. The van der Waals surface area contributed by atoms with Crippen LogP contribution in [-0.2, 0) is 9.59 Å². The molecule has 0 fully saturated rings. The van der Waals surface area contributed by atoms with Gasteiger partial charge in [0.2, 0.25) is 0 Å². The molecule has 2 aromatic rings. The summed E-state index contributed by atoms with van der Waals surface area (Å²) in [6.07, 6.45) is 1.55. The van der Waals surface area contributed by atoms with E-state index < -0.39 is 11.8 Å². The summed E-state index contributed by atoms with van der Waals surface area (Å²) < 4.78 is 0. The van der Waals surface area contributed by atoms with E-state index >= 15 is 0 Å². The van der Waals surface area contributed by atoms with Crippen LogP contribution in [0.3, 0.4) is 0 Å². The molecular weight excluding hydrogens is 250 g/mol. The van der Waals surface area contributed by atoms with Gasteiger partial charge in [0.1, 0.15) is 0 Å². The lowest BCUT2D eigenvalue weighted by Gasteiger charge is -2.04. The van der Waals surface area contributed by atoms with Crippen LogP contribution in [0.15, 0.2) is 35.8 Å².